The zero-order valence-electron chi connectivity index (χ0n) is 12.3. The van der Waals surface area contributed by atoms with Crippen molar-refractivity contribution in [3.05, 3.63) is 46.6 Å². The zero-order valence-corrected chi connectivity index (χ0v) is 12.3. The Morgan fingerprint density at radius 1 is 1.36 bits per heavy atom. The average Bonchev–Trinajstić information content (AvgIpc) is 2.91. The largest absolute Gasteiger partial charge is 0.362 e. The van der Waals surface area contributed by atoms with Gasteiger partial charge in [-0.05, 0) is 37.0 Å². The zero-order chi connectivity index (χ0) is 15.9. The maximum Gasteiger partial charge on any atom is 0.260 e. The second-order valence-electron chi connectivity index (χ2n) is 5.64. The van der Waals surface area contributed by atoms with Gasteiger partial charge in [-0.25, -0.2) is 13.5 Å². The number of nitrogens with zero attached hydrogens (tertiary/aromatic N) is 3. The molecule has 114 valence electrons. The van der Waals surface area contributed by atoms with Crippen LogP contribution in [0.25, 0.3) is 0 Å². The summed E-state index contributed by atoms with van der Waals surface area (Å²) >= 11 is 0. The van der Waals surface area contributed by atoms with Crippen molar-refractivity contribution < 1.29 is 8.78 Å². The summed E-state index contributed by atoms with van der Waals surface area (Å²) in [5.74, 6) is 0.377. The third-order valence-corrected chi connectivity index (χ3v) is 4.24. The smallest absolute Gasteiger partial charge is 0.260 e. The van der Waals surface area contributed by atoms with Gasteiger partial charge in [0.15, 0.2) is 0 Å². The van der Waals surface area contributed by atoms with E-state index >= 15 is 0 Å². The number of hydrogen-bond donors (Lipinski definition) is 1. The highest BCUT2D eigenvalue weighted by Crippen LogP contribution is 2.39. The number of fused-ring (bicyclic) bond motifs is 1. The minimum atomic E-state index is -2.53. The molecule has 3 rings (SSSR count). The first kappa shape index (κ1) is 14.5. The van der Waals surface area contributed by atoms with Gasteiger partial charge in [0, 0.05) is 0 Å². The van der Waals surface area contributed by atoms with Crippen LogP contribution in [-0.4, -0.2) is 16.2 Å². The predicted octanol–water partition coefficient (Wildman–Crippen LogP) is 3.73. The molecule has 1 aliphatic rings. The highest BCUT2D eigenvalue weighted by atomic mass is 19.3. The predicted molar refractivity (Wildman–Crippen MR) is 78.9 cm³/mol. The summed E-state index contributed by atoms with van der Waals surface area (Å²) in [6.07, 6.45) is -0.957. The van der Waals surface area contributed by atoms with Crippen LogP contribution in [0.3, 0.4) is 0 Å². The van der Waals surface area contributed by atoms with Crippen molar-refractivity contribution in [3.8, 4) is 6.07 Å². The Balaban J connectivity index is 2.02. The molecule has 0 fully saturated rings. The molecular formula is C16H16F2N4. The summed E-state index contributed by atoms with van der Waals surface area (Å²) in [6, 6.07) is 6.66. The minimum Gasteiger partial charge on any atom is -0.362 e. The van der Waals surface area contributed by atoms with Gasteiger partial charge in [0.25, 0.3) is 6.43 Å². The van der Waals surface area contributed by atoms with Crippen molar-refractivity contribution in [3.63, 3.8) is 0 Å². The van der Waals surface area contributed by atoms with Crippen LogP contribution >= 0.6 is 0 Å². The Hall–Kier alpha value is -2.42. The lowest BCUT2D eigenvalue weighted by atomic mass is 9.94. The molecule has 4 nitrogen and oxygen atoms in total. The molecule has 6 heteroatoms. The van der Waals surface area contributed by atoms with Gasteiger partial charge in [-0.1, -0.05) is 18.2 Å². The van der Waals surface area contributed by atoms with Crippen LogP contribution in [-0.2, 0) is 0 Å². The van der Waals surface area contributed by atoms with Crippen LogP contribution in [0.4, 0.5) is 14.6 Å². The second-order valence-corrected chi connectivity index (χ2v) is 5.64. The topological polar surface area (TPSA) is 53.6 Å². The molecule has 2 aromatic rings. The van der Waals surface area contributed by atoms with Crippen molar-refractivity contribution in [1.29, 1.82) is 5.26 Å². The minimum absolute atomic E-state index is 0.236. The standard InChI is InChI=1S/C16H16F2N4/c1-9-3-4-11(5-10(9)2)13-6-14(15(17)18)22-16(21-13)12(7-19)8-20-22/h3-5,8,13-15,21H,6H2,1-2H3/t13-,14-/m0/s1. The molecule has 0 unspecified atom stereocenters. The van der Waals surface area contributed by atoms with Gasteiger partial charge in [-0.3, -0.25) is 0 Å². The van der Waals surface area contributed by atoms with Crippen LogP contribution in [0, 0.1) is 25.2 Å². The summed E-state index contributed by atoms with van der Waals surface area (Å²) in [5.41, 5.74) is 3.52. The monoisotopic (exact) mass is 302 g/mol. The van der Waals surface area contributed by atoms with E-state index in [4.69, 9.17) is 5.26 Å². The molecule has 0 aliphatic carbocycles. The van der Waals surface area contributed by atoms with Gasteiger partial charge in [0.1, 0.15) is 23.5 Å². The number of anilines is 1. The lowest BCUT2D eigenvalue weighted by Crippen LogP contribution is -2.31. The number of nitriles is 1. The van der Waals surface area contributed by atoms with Gasteiger partial charge in [0.05, 0.1) is 12.2 Å². The van der Waals surface area contributed by atoms with Gasteiger partial charge in [-0.2, -0.15) is 10.4 Å². The Morgan fingerprint density at radius 2 is 2.14 bits per heavy atom. The molecule has 1 aromatic heterocycles. The maximum absolute atomic E-state index is 13.4. The molecule has 2 heterocycles. The molecule has 22 heavy (non-hydrogen) atoms. The molecule has 0 amide bonds. The lowest BCUT2D eigenvalue weighted by Gasteiger charge is -2.32. The van der Waals surface area contributed by atoms with Crippen molar-refractivity contribution in [2.75, 3.05) is 5.32 Å². The number of nitrogens with one attached hydrogen (secondary N) is 1. The highest BCUT2D eigenvalue weighted by Gasteiger charge is 2.35. The van der Waals surface area contributed by atoms with E-state index in [9.17, 15) is 8.78 Å². The normalized spacial score (nSPS) is 20.4. The van der Waals surface area contributed by atoms with Crippen molar-refractivity contribution >= 4 is 5.82 Å². The summed E-state index contributed by atoms with van der Waals surface area (Å²) in [7, 11) is 0. The molecular weight excluding hydrogens is 286 g/mol. The van der Waals surface area contributed by atoms with E-state index in [0.29, 0.717) is 11.4 Å². The Bertz CT molecular complexity index is 745. The highest BCUT2D eigenvalue weighted by molar-refractivity contribution is 5.54. The van der Waals surface area contributed by atoms with Crippen LogP contribution in [0.1, 0.15) is 40.8 Å². The molecule has 1 N–H and O–H groups in total. The molecule has 2 atom stereocenters. The van der Waals surface area contributed by atoms with Crippen molar-refractivity contribution in [2.24, 2.45) is 0 Å². The quantitative estimate of drug-likeness (QED) is 0.919. The van der Waals surface area contributed by atoms with Gasteiger partial charge in [0.2, 0.25) is 0 Å². The number of rotatable bonds is 2. The third kappa shape index (κ3) is 2.33. The van der Waals surface area contributed by atoms with Crippen LogP contribution in [0.5, 0.6) is 0 Å². The summed E-state index contributed by atoms with van der Waals surface area (Å²) in [4.78, 5) is 0. The molecule has 1 aromatic carbocycles. The number of hydrogen-bond acceptors (Lipinski definition) is 3. The first-order chi connectivity index (χ1) is 10.5. The fourth-order valence-corrected chi connectivity index (χ4v) is 2.82. The first-order valence-electron chi connectivity index (χ1n) is 7.10. The van der Waals surface area contributed by atoms with E-state index in [0.717, 1.165) is 16.7 Å². The van der Waals surface area contributed by atoms with E-state index in [1.807, 2.05) is 38.1 Å². The van der Waals surface area contributed by atoms with Crippen LogP contribution in [0.15, 0.2) is 24.4 Å². The van der Waals surface area contributed by atoms with E-state index in [2.05, 4.69) is 10.4 Å². The number of aryl methyl sites for hydroxylation is 2. The Labute approximate surface area is 127 Å². The maximum atomic E-state index is 13.4. The number of alkyl halides is 2. The molecule has 0 radical (unpaired) electrons. The third-order valence-electron chi connectivity index (χ3n) is 4.24. The summed E-state index contributed by atoms with van der Waals surface area (Å²) in [5, 5.41) is 16.2. The van der Waals surface area contributed by atoms with E-state index in [1.54, 1.807) is 0 Å². The van der Waals surface area contributed by atoms with Crippen molar-refractivity contribution in [2.45, 2.75) is 38.8 Å². The molecule has 0 bridgehead atoms. The summed E-state index contributed by atoms with van der Waals surface area (Å²) in [6.45, 7) is 4.01. The fraction of sp³-hybridized carbons (Fsp3) is 0.375. The molecule has 0 saturated carbocycles. The van der Waals surface area contributed by atoms with E-state index in [1.165, 1.54) is 10.9 Å². The van der Waals surface area contributed by atoms with Gasteiger partial charge < -0.3 is 5.32 Å². The van der Waals surface area contributed by atoms with Crippen LogP contribution in [0.2, 0.25) is 0 Å². The Morgan fingerprint density at radius 3 is 2.77 bits per heavy atom. The van der Waals surface area contributed by atoms with E-state index < -0.39 is 12.5 Å². The SMILES string of the molecule is Cc1ccc([C@@H]2C[C@@H](C(F)F)n3ncc(C#N)c3N2)cc1C. The van der Waals surface area contributed by atoms with Crippen LogP contribution < -0.4 is 5.32 Å². The average molecular weight is 302 g/mol. The molecule has 0 saturated heterocycles. The van der Waals surface area contributed by atoms with Crippen molar-refractivity contribution in [1.82, 2.24) is 9.78 Å². The molecule has 1 aliphatic heterocycles. The lowest BCUT2D eigenvalue weighted by molar-refractivity contribution is 0.0658. The molecule has 0 spiro atoms. The van der Waals surface area contributed by atoms with Gasteiger partial charge >= 0.3 is 0 Å². The second kappa shape index (κ2) is 5.41. The fourth-order valence-electron chi connectivity index (χ4n) is 2.82. The number of halogens is 2. The number of benzene rings is 1. The van der Waals surface area contributed by atoms with Gasteiger partial charge in [-0.15, -0.1) is 0 Å². The number of aromatic nitrogens is 2. The summed E-state index contributed by atoms with van der Waals surface area (Å²) < 4.78 is 28.0. The Kier molecular flexibility index (Phi) is 3.57. The van der Waals surface area contributed by atoms with E-state index in [-0.39, 0.29) is 12.5 Å². The first-order valence-corrected chi connectivity index (χ1v) is 7.10.